The summed E-state index contributed by atoms with van der Waals surface area (Å²) in [6, 6.07) is 13.8. The van der Waals surface area contributed by atoms with Crippen LogP contribution in [-0.4, -0.2) is 26.4 Å². The van der Waals surface area contributed by atoms with Gasteiger partial charge in [0.15, 0.2) is 0 Å². The molecule has 1 N–H and O–H groups in total. The third-order valence-electron chi connectivity index (χ3n) is 4.58. The van der Waals surface area contributed by atoms with Crippen LogP contribution in [0.25, 0.3) is 0 Å². The van der Waals surface area contributed by atoms with E-state index in [0.29, 0.717) is 5.69 Å². The van der Waals surface area contributed by atoms with Gasteiger partial charge in [0.1, 0.15) is 6.54 Å². The van der Waals surface area contributed by atoms with Gasteiger partial charge < -0.3 is 5.32 Å². The zero-order chi connectivity index (χ0) is 20.2. The summed E-state index contributed by atoms with van der Waals surface area (Å²) in [5, 5.41) is 2.91. The zero-order valence-corrected chi connectivity index (χ0v) is 17.4. The van der Waals surface area contributed by atoms with Crippen molar-refractivity contribution in [2.24, 2.45) is 0 Å². The lowest BCUT2D eigenvalue weighted by molar-refractivity contribution is -0.121. The number of sulfonamides is 1. The van der Waals surface area contributed by atoms with Gasteiger partial charge in [-0.2, -0.15) is 0 Å². The Labute approximate surface area is 162 Å². The first-order chi connectivity index (χ1) is 12.5. The number of rotatable bonds is 7. The van der Waals surface area contributed by atoms with E-state index in [1.54, 1.807) is 36.4 Å². The maximum Gasteiger partial charge on any atom is 0.264 e. The number of carbonyl (C=O) groups is 1. The predicted octanol–water partition coefficient (Wildman–Crippen LogP) is 3.80. The third kappa shape index (κ3) is 5.32. The van der Waals surface area contributed by atoms with Gasteiger partial charge in [0, 0.05) is 5.54 Å². The number of nitrogens with one attached hydrogen (secondary N) is 1. The van der Waals surface area contributed by atoms with Gasteiger partial charge in [-0.15, -0.1) is 0 Å². The molecule has 0 atom stereocenters. The Hall–Kier alpha value is -2.34. The molecule has 6 heteroatoms. The summed E-state index contributed by atoms with van der Waals surface area (Å²) in [6.45, 7) is 9.35. The van der Waals surface area contributed by atoms with Crippen molar-refractivity contribution in [3.8, 4) is 0 Å². The van der Waals surface area contributed by atoms with E-state index in [0.717, 1.165) is 21.9 Å². The fourth-order valence-corrected chi connectivity index (χ4v) is 3.92. The van der Waals surface area contributed by atoms with E-state index in [4.69, 9.17) is 0 Å². The number of benzene rings is 2. The first-order valence-electron chi connectivity index (χ1n) is 9.02. The number of anilines is 1. The molecular formula is C21H28N2O3S. The van der Waals surface area contributed by atoms with Crippen LogP contribution in [-0.2, 0) is 14.8 Å². The molecule has 146 valence electrons. The maximum absolute atomic E-state index is 13.2. The van der Waals surface area contributed by atoms with Gasteiger partial charge >= 0.3 is 0 Å². The molecule has 2 aromatic carbocycles. The predicted molar refractivity (Wildman–Crippen MR) is 109 cm³/mol. The van der Waals surface area contributed by atoms with Crippen LogP contribution in [0.3, 0.4) is 0 Å². The highest BCUT2D eigenvalue weighted by atomic mass is 32.2. The minimum Gasteiger partial charge on any atom is -0.350 e. The fourth-order valence-electron chi connectivity index (χ4n) is 2.50. The van der Waals surface area contributed by atoms with Gasteiger partial charge in [-0.25, -0.2) is 8.42 Å². The molecule has 0 saturated carbocycles. The van der Waals surface area contributed by atoms with Gasteiger partial charge in [0.2, 0.25) is 5.91 Å². The molecule has 0 fully saturated rings. The van der Waals surface area contributed by atoms with Crippen molar-refractivity contribution in [1.82, 2.24) is 5.32 Å². The highest BCUT2D eigenvalue weighted by Gasteiger charge is 2.28. The van der Waals surface area contributed by atoms with Crippen LogP contribution in [0.1, 0.15) is 38.3 Å². The Kier molecular flexibility index (Phi) is 6.31. The Morgan fingerprint density at radius 1 is 0.963 bits per heavy atom. The van der Waals surface area contributed by atoms with E-state index in [1.165, 1.54) is 0 Å². The van der Waals surface area contributed by atoms with Crippen LogP contribution in [0.2, 0.25) is 0 Å². The lowest BCUT2D eigenvalue weighted by Gasteiger charge is -2.28. The van der Waals surface area contributed by atoms with Crippen LogP contribution in [0, 0.1) is 13.8 Å². The quantitative estimate of drug-likeness (QED) is 0.784. The average molecular weight is 389 g/mol. The Bertz CT molecular complexity index is 886. The highest BCUT2D eigenvalue weighted by Crippen LogP contribution is 2.24. The molecule has 2 aromatic rings. The van der Waals surface area contributed by atoms with Crippen molar-refractivity contribution in [3.05, 3.63) is 59.7 Å². The zero-order valence-electron chi connectivity index (χ0n) is 16.6. The molecule has 0 aliphatic carbocycles. The molecule has 0 aliphatic heterocycles. The van der Waals surface area contributed by atoms with Crippen molar-refractivity contribution in [1.29, 1.82) is 0 Å². The van der Waals surface area contributed by atoms with Gasteiger partial charge in [-0.1, -0.05) is 42.3 Å². The van der Waals surface area contributed by atoms with Crippen molar-refractivity contribution in [2.45, 2.75) is 51.5 Å². The average Bonchev–Trinajstić information content (AvgIpc) is 2.60. The molecule has 0 unspecified atom stereocenters. The summed E-state index contributed by atoms with van der Waals surface area (Å²) in [4.78, 5) is 12.7. The molecule has 0 aliphatic rings. The smallest absolute Gasteiger partial charge is 0.264 e. The SMILES string of the molecule is CCC(C)(C)NC(=O)CN(c1ccc(C)cc1)S(=O)(=O)c1ccc(C)cc1. The van der Waals surface area contributed by atoms with E-state index in [-0.39, 0.29) is 17.3 Å². The summed E-state index contributed by atoms with van der Waals surface area (Å²) in [6.07, 6.45) is 0.744. The summed E-state index contributed by atoms with van der Waals surface area (Å²) in [5.41, 5.74) is 2.05. The second-order valence-electron chi connectivity index (χ2n) is 7.45. The molecule has 0 radical (unpaired) electrons. The highest BCUT2D eigenvalue weighted by molar-refractivity contribution is 7.92. The molecular weight excluding hydrogens is 360 g/mol. The summed E-state index contributed by atoms with van der Waals surface area (Å²) in [5.74, 6) is -0.335. The maximum atomic E-state index is 13.2. The Morgan fingerprint density at radius 3 is 1.93 bits per heavy atom. The lowest BCUT2D eigenvalue weighted by Crippen LogP contribution is -2.48. The summed E-state index contributed by atoms with van der Waals surface area (Å²) >= 11 is 0. The largest absolute Gasteiger partial charge is 0.350 e. The van der Waals surface area contributed by atoms with Gasteiger partial charge in [0.05, 0.1) is 10.6 Å². The topological polar surface area (TPSA) is 66.5 Å². The third-order valence-corrected chi connectivity index (χ3v) is 6.37. The van der Waals surface area contributed by atoms with Crippen LogP contribution < -0.4 is 9.62 Å². The molecule has 0 aromatic heterocycles. The molecule has 0 heterocycles. The Morgan fingerprint density at radius 2 is 1.44 bits per heavy atom. The molecule has 5 nitrogen and oxygen atoms in total. The van der Waals surface area contributed by atoms with E-state index in [1.807, 2.05) is 46.8 Å². The number of hydrogen-bond donors (Lipinski definition) is 1. The minimum atomic E-state index is -3.87. The first-order valence-corrected chi connectivity index (χ1v) is 10.5. The standard InChI is InChI=1S/C21H28N2O3S/c1-6-21(4,5)22-20(24)15-23(18-11-7-16(2)8-12-18)27(25,26)19-13-9-17(3)10-14-19/h7-14H,6,15H2,1-5H3,(H,22,24). The molecule has 0 spiro atoms. The Balaban J connectivity index is 2.42. The first kappa shape index (κ1) is 21.0. The normalized spacial score (nSPS) is 11.9. The number of amides is 1. The summed E-state index contributed by atoms with van der Waals surface area (Å²) in [7, 11) is -3.87. The summed E-state index contributed by atoms with van der Waals surface area (Å²) < 4.78 is 27.7. The van der Waals surface area contributed by atoms with Gasteiger partial charge in [0.25, 0.3) is 10.0 Å². The second kappa shape index (κ2) is 8.13. The molecule has 1 amide bonds. The number of carbonyl (C=O) groups excluding carboxylic acids is 1. The van der Waals surface area contributed by atoms with Gasteiger partial charge in [-0.05, 0) is 58.4 Å². The number of aryl methyl sites for hydroxylation is 2. The molecule has 27 heavy (non-hydrogen) atoms. The monoisotopic (exact) mass is 388 g/mol. The second-order valence-corrected chi connectivity index (χ2v) is 9.31. The van der Waals surface area contributed by atoms with E-state index in [9.17, 15) is 13.2 Å². The lowest BCUT2D eigenvalue weighted by atomic mass is 10.0. The van der Waals surface area contributed by atoms with Crippen molar-refractivity contribution < 1.29 is 13.2 Å². The van der Waals surface area contributed by atoms with E-state index >= 15 is 0 Å². The van der Waals surface area contributed by atoms with Crippen LogP contribution in [0.4, 0.5) is 5.69 Å². The molecule has 2 rings (SSSR count). The van der Waals surface area contributed by atoms with E-state index in [2.05, 4.69) is 5.32 Å². The van der Waals surface area contributed by atoms with Crippen LogP contribution in [0.15, 0.2) is 53.4 Å². The van der Waals surface area contributed by atoms with Crippen molar-refractivity contribution >= 4 is 21.6 Å². The number of nitrogens with zero attached hydrogens (tertiary/aromatic N) is 1. The van der Waals surface area contributed by atoms with E-state index < -0.39 is 15.6 Å². The molecule has 0 saturated heterocycles. The van der Waals surface area contributed by atoms with Crippen molar-refractivity contribution in [3.63, 3.8) is 0 Å². The van der Waals surface area contributed by atoms with Crippen molar-refractivity contribution in [2.75, 3.05) is 10.8 Å². The number of hydrogen-bond acceptors (Lipinski definition) is 3. The van der Waals surface area contributed by atoms with Crippen LogP contribution in [0.5, 0.6) is 0 Å². The molecule has 0 bridgehead atoms. The van der Waals surface area contributed by atoms with Gasteiger partial charge in [-0.3, -0.25) is 9.10 Å². The van der Waals surface area contributed by atoms with Crippen LogP contribution >= 0.6 is 0 Å². The fraction of sp³-hybridized carbons (Fsp3) is 0.381. The minimum absolute atomic E-state index is 0.163.